The van der Waals surface area contributed by atoms with Crippen LogP contribution in [-0.2, 0) is 9.59 Å². The van der Waals surface area contributed by atoms with Crippen molar-refractivity contribution in [1.29, 1.82) is 0 Å². The third-order valence-corrected chi connectivity index (χ3v) is 11.0. The van der Waals surface area contributed by atoms with Crippen LogP contribution >= 0.6 is 11.8 Å². The van der Waals surface area contributed by atoms with Gasteiger partial charge in [-0.1, -0.05) is 30.4 Å². The number of thioether (sulfide) groups is 1. The smallest absolute Gasteiger partial charge is 0.141 e. The first kappa shape index (κ1) is 13.8. The maximum absolute atomic E-state index is 13.6. The fraction of sp³-hybridized carbons (Fsp3) is 0.565. The van der Waals surface area contributed by atoms with E-state index in [1.165, 1.54) is 4.90 Å². The van der Waals surface area contributed by atoms with Crippen molar-refractivity contribution in [2.75, 3.05) is 0 Å². The van der Waals surface area contributed by atoms with Crippen molar-refractivity contribution in [3.05, 3.63) is 42.5 Å². The zero-order valence-electron chi connectivity index (χ0n) is 14.3. The molecule has 0 N–H and O–H groups in total. The van der Waals surface area contributed by atoms with Gasteiger partial charge in [0.1, 0.15) is 11.6 Å². The highest BCUT2D eigenvalue weighted by Crippen LogP contribution is 2.83. The summed E-state index contributed by atoms with van der Waals surface area (Å²) in [4.78, 5) is 28.4. The van der Waals surface area contributed by atoms with Crippen LogP contribution in [0, 0.1) is 71.0 Å². The van der Waals surface area contributed by atoms with Crippen molar-refractivity contribution in [2.45, 2.75) is 10.1 Å². The monoisotopic (exact) mass is 360 g/mol. The summed E-state index contributed by atoms with van der Waals surface area (Å²) in [5.74, 6) is 6.51. The number of hydrogen-bond donors (Lipinski definition) is 0. The number of carbonyl (C=O) groups excluding carboxylic acids is 2. The second kappa shape index (κ2) is 4.06. The number of Topliss-reactive ketones (excluding diaryl/α,β-unsaturated/α-hetero) is 2. The molecule has 2 nitrogen and oxygen atoms in total. The zero-order valence-corrected chi connectivity index (χ0v) is 15.1. The van der Waals surface area contributed by atoms with E-state index in [0.29, 0.717) is 70.7 Å². The predicted octanol–water partition coefficient (Wildman–Crippen LogP) is 3.33. The third-order valence-electron chi connectivity index (χ3n) is 9.64. The normalized spacial score (nSPS) is 60.8. The summed E-state index contributed by atoms with van der Waals surface area (Å²) in [5.41, 5.74) is 0. The molecule has 7 aliphatic rings. The molecule has 0 heterocycles. The predicted molar refractivity (Wildman–Crippen MR) is 97.1 cm³/mol. The summed E-state index contributed by atoms with van der Waals surface area (Å²) in [6.07, 6.45) is 4.71. The van der Waals surface area contributed by atoms with E-state index in [1.807, 2.05) is 17.8 Å². The summed E-state index contributed by atoms with van der Waals surface area (Å²) >= 11 is 1.84. The van der Waals surface area contributed by atoms with Gasteiger partial charge in [-0.3, -0.25) is 9.59 Å². The molecule has 8 rings (SSSR count). The Labute approximate surface area is 156 Å². The standard InChI is InChI=1S/C23H20O2S/c24-21-12-9-6-7-10-11(9)14-15(12)17-18-16(14)13(10)22(25)20(18)23(19(17)21)26-8-4-2-1-3-5-8/h1-7,9-20,23H/t9-,10+,11?,12-,13-,14?,15+,16+,17-,18-,19+,20-,23?/m1/s1. The Bertz CT molecular complexity index is 869. The van der Waals surface area contributed by atoms with E-state index in [-0.39, 0.29) is 17.1 Å². The third kappa shape index (κ3) is 1.16. The molecule has 0 amide bonds. The summed E-state index contributed by atoms with van der Waals surface area (Å²) < 4.78 is 0. The quantitative estimate of drug-likeness (QED) is 0.759. The zero-order chi connectivity index (χ0) is 16.9. The number of hydrogen-bond acceptors (Lipinski definition) is 3. The second-order valence-electron chi connectivity index (χ2n) is 9.81. The van der Waals surface area contributed by atoms with Gasteiger partial charge in [-0.2, -0.15) is 0 Å². The average Bonchev–Trinajstić information content (AvgIpc) is 3.40. The van der Waals surface area contributed by atoms with Gasteiger partial charge in [0.25, 0.3) is 0 Å². The van der Waals surface area contributed by atoms with Crippen LogP contribution in [0.3, 0.4) is 0 Å². The Balaban J connectivity index is 1.33. The van der Waals surface area contributed by atoms with Crippen molar-refractivity contribution in [2.24, 2.45) is 71.0 Å². The molecule has 0 aromatic heterocycles. The highest BCUT2D eigenvalue weighted by Gasteiger charge is 2.84. The number of benzene rings is 1. The van der Waals surface area contributed by atoms with Crippen molar-refractivity contribution in [1.82, 2.24) is 0 Å². The van der Waals surface area contributed by atoms with E-state index in [1.54, 1.807) is 0 Å². The summed E-state index contributed by atoms with van der Waals surface area (Å²) in [6.45, 7) is 0. The first-order chi connectivity index (χ1) is 12.8. The molecule has 3 heteroatoms. The van der Waals surface area contributed by atoms with Gasteiger partial charge in [0.15, 0.2) is 0 Å². The van der Waals surface area contributed by atoms with Crippen LogP contribution in [0.25, 0.3) is 0 Å². The maximum atomic E-state index is 13.6. The lowest BCUT2D eigenvalue weighted by Crippen LogP contribution is -2.35. The van der Waals surface area contributed by atoms with Crippen LogP contribution in [0.1, 0.15) is 0 Å². The molecule has 3 unspecified atom stereocenters. The first-order valence-corrected chi connectivity index (χ1v) is 11.1. The maximum Gasteiger partial charge on any atom is 0.141 e. The SMILES string of the molecule is O=C1[C@H]2[C@H]3C4C5[C@@H](C=C[C@@H]52)[C@H]2C(=O)[C@H]5C(Sc6ccccc6)[C@@H]1[C@H]3[C@H]5[C@H]42. The van der Waals surface area contributed by atoms with E-state index >= 15 is 0 Å². The highest BCUT2D eigenvalue weighted by molar-refractivity contribution is 8.00. The van der Waals surface area contributed by atoms with Crippen molar-refractivity contribution in [3.8, 4) is 0 Å². The van der Waals surface area contributed by atoms with Gasteiger partial charge in [-0.15, -0.1) is 11.8 Å². The lowest BCUT2D eigenvalue weighted by atomic mass is 9.79. The Hall–Kier alpha value is -1.35. The molecule has 0 radical (unpaired) electrons. The Morgan fingerprint density at radius 1 is 0.615 bits per heavy atom. The van der Waals surface area contributed by atoms with E-state index in [2.05, 4.69) is 36.4 Å². The molecule has 1 aromatic carbocycles. The Morgan fingerprint density at radius 2 is 1.15 bits per heavy atom. The van der Waals surface area contributed by atoms with E-state index < -0.39 is 0 Å². The minimum absolute atomic E-state index is 0.147. The van der Waals surface area contributed by atoms with Gasteiger partial charge in [0.05, 0.1) is 0 Å². The molecule has 6 fully saturated rings. The van der Waals surface area contributed by atoms with E-state index in [0.717, 1.165) is 0 Å². The van der Waals surface area contributed by atoms with Crippen molar-refractivity contribution >= 4 is 23.3 Å². The van der Waals surface area contributed by atoms with Gasteiger partial charge < -0.3 is 0 Å². The van der Waals surface area contributed by atoms with E-state index in [4.69, 9.17) is 0 Å². The summed E-state index contributed by atoms with van der Waals surface area (Å²) in [6, 6.07) is 10.5. The Kier molecular flexibility index (Phi) is 2.15. The molecule has 13 atom stereocenters. The molecule has 0 aliphatic heterocycles. The van der Waals surface area contributed by atoms with Crippen LogP contribution in [0.5, 0.6) is 0 Å². The average molecular weight is 360 g/mol. The van der Waals surface area contributed by atoms with Crippen LogP contribution in [0.4, 0.5) is 0 Å². The molecule has 7 aliphatic carbocycles. The molecule has 26 heavy (non-hydrogen) atoms. The minimum Gasteiger partial charge on any atom is -0.299 e. The fourth-order valence-corrected chi connectivity index (χ4v) is 11.1. The largest absolute Gasteiger partial charge is 0.299 e. The minimum atomic E-state index is 0.147. The highest BCUT2D eigenvalue weighted by atomic mass is 32.2. The molecule has 0 spiro atoms. The number of fused-ring (bicyclic) bond motifs is 2. The lowest BCUT2D eigenvalue weighted by molar-refractivity contribution is -0.127. The molecule has 130 valence electrons. The van der Waals surface area contributed by atoms with E-state index in [9.17, 15) is 9.59 Å². The van der Waals surface area contributed by atoms with Gasteiger partial charge in [-0.25, -0.2) is 0 Å². The van der Waals surface area contributed by atoms with Crippen molar-refractivity contribution in [3.63, 3.8) is 0 Å². The molecule has 0 saturated heterocycles. The number of carbonyl (C=O) groups is 2. The number of ketones is 2. The second-order valence-corrected chi connectivity index (χ2v) is 11.1. The molecular formula is C23H20O2S. The van der Waals surface area contributed by atoms with Gasteiger partial charge in [-0.05, 0) is 59.5 Å². The number of rotatable bonds is 2. The first-order valence-electron chi connectivity index (χ1n) is 10.2. The topological polar surface area (TPSA) is 34.1 Å². The molecular weight excluding hydrogens is 340 g/mol. The summed E-state index contributed by atoms with van der Waals surface area (Å²) in [5, 5.41) is 0.197. The lowest BCUT2D eigenvalue weighted by Gasteiger charge is -2.28. The van der Waals surface area contributed by atoms with Crippen LogP contribution < -0.4 is 0 Å². The van der Waals surface area contributed by atoms with Crippen molar-refractivity contribution < 1.29 is 9.59 Å². The number of allylic oxidation sites excluding steroid dienone is 2. The van der Waals surface area contributed by atoms with Crippen LogP contribution in [0.2, 0.25) is 0 Å². The summed E-state index contributed by atoms with van der Waals surface area (Å²) in [7, 11) is 0. The Morgan fingerprint density at radius 3 is 1.73 bits per heavy atom. The van der Waals surface area contributed by atoms with Crippen LogP contribution in [0.15, 0.2) is 47.4 Å². The van der Waals surface area contributed by atoms with Gasteiger partial charge in [0.2, 0.25) is 0 Å². The fourth-order valence-electron chi connectivity index (χ4n) is 9.60. The molecule has 1 aromatic rings. The molecule has 6 saturated carbocycles. The van der Waals surface area contributed by atoms with Gasteiger partial charge in [0, 0.05) is 33.8 Å². The van der Waals surface area contributed by atoms with Crippen LogP contribution in [-0.4, -0.2) is 16.8 Å². The van der Waals surface area contributed by atoms with Gasteiger partial charge >= 0.3 is 0 Å². The molecule has 0 bridgehead atoms.